The minimum Gasteiger partial charge on any atom is -0.329 e. The van der Waals surface area contributed by atoms with Crippen molar-refractivity contribution in [1.29, 1.82) is 0 Å². The molecule has 2 heterocycles. The van der Waals surface area contributed by atoms with Gasteiger partial charge in [0.25, 0.3) is 0 Å². The van der Waals surface area contributed by atoms with Gasteiger partial charge in [-0.3, -0.25) is 0 Å². The maximum Gasteiger partial charge on any atom is 0.417 e. The second kappa shape index (κ2) is 7.98. The minimum absolute atomic E-state index is 0.103. The third-order valence-corrected chi connectivity index (χ3v) is 8.16. The molecule has 1 aromatic carbocycles. The number of rotatable bonds is 6. The number of fused-ring (bicyclic) bond motifs is 1. The highest BCUT2D eigenvalue weighted by Crippen LogP contribution is 2.41. The lowest BCUT2D eigenvalue weighted by Gasteiger charge is -2.31. The molecule has 0 spiro atoms. The van der Waals surface area contributed by atoms with E-state index in [-0.39, 0.29) is 42.5 Å². The van der Waals surface area contributed by atoms with Crippen molar-refractivity contribution in [3.63, 3.8) is 0 Å². The maximum atomic E-state index is 15.1. The molecule has 34 heavy (non-hydrogen) atoms. The van der Waals surface area contributed by atoms with Crippen LogP contribution in [0.4, 0.5) is 26.3 Å². The van der Waals surface area contributed by atoms with E-state index in [1.807, 2.05) is 0 Å². The van der Waals surface area contributed by atoms with Crippen molar-refractivity contribution in [3.8, 4) is 11.3 Å². The average molecular weight is 503 g/mol. The molecule has 0 radical (unpaired) electrons. The van der Waals surface area contributed by atoms with Crippen LogP contribution in [0.3, 0.4) is 0 Å². The lowest BCUT2D eigenvalue weighted by atomic mass is 9.90. The summed E-state index contributed by atoms with van der Waals surface area (Å²) >= 11 is 0. The van der Waals surface area contributed by atoms with Crippen LogP contribution < -0.4 is 4.72 Å². The van der Waals surface area contributed by atoms with Gasteiger partial charge in [-0.05, 0) is 55.5 Å². The van der Waals surface area contributed by atoms with Crippen LogP contribution in [0.5, 0.6) is 0 Å². The Morgan fingerprint density at radius 3 is 2.44 bits per heavy atom. The van der Waals surface area contributed by atoms with Crippen LogP contribution in [0.2, 0.25) is 0 Å². The second-order valence-electron chi connectivity index (χ2n) is 8.73. The predicted octanol–water partition coefficient (Wildman–Crippen LogP) is 5.26. The van der Waals surface area contributed by atoms with E-state index in [4.69, 9.17) is 0 Å². The fourth-order valence-corrected chi connectivity index (χ4v) is 5.55. The van der Waals surface area contributed by atoms with Crippen LogP contribution in [0.25, 0.3) is 22.3 Å². The Labute approximate surface area is 190 Å². The minimum atomic E-state index is -4.95. The van der Waals surface area contributed by atoms with Gasteiger partial charge in [0.15, 0.2) is 0 Å². The smallest absolute Gasteiger partial charge is 0.329 e. The molecular formula is C22H19F6N3O2S. The average Bonchev–Trinajstić information content (AvgIpc) is 3.53. The summed E-state index contributed by atoms with van der Waals surface area (Å²) in [4.78, 5) is 4.16. The Morgan fingerprint density at radius 2 is 1.82 bits per heavy atom. The Balaban J connectivity index is 1.63. The SMILES string of the molecule is O=S(=O)(NCc1cn(C2CC(F)C2)c2nc(-c3ccc(F)cc3C(F)(F)F)c(F)cc12)C1CC1. The largest absolute Gasteiger partial charge is 0.417 e. The molecule has 0 aliphatic heterocycles. The fourth-order valence-electron chi connectivity index (χ4n) is 4.20. The summed E-state index contributed by atoms with van der Waals surface area (Å²) in [7, 11) is -3.55. The van der Waals surface area contributed by atoms with Gasteiger partial charge in [-0.2, -0.15) is 13.2 Å². The first-order valence-electron chi connectivity index (χ1n) is 10.6. The van der Waals surface area contributed by atoms with Gasteiger partial charge in [-0.15, -0.1) is 0 Å². The van der Waals surface area contributed by atoms with Crippen molar-refractivity contribution >= 4 is 21.1 Å². The molecule has 0 atom stereocenters. The Bertz CT molecular complexity index is 1380. The number of benzene rings is 1. The zero-order valence-corrected chi connectivity index (χ0v) is 18.4. The highest BCUT2D eigenvalue weighted by atomic mass is 32.2. The molecule has 2 fully saturated rings. The van der Waals surface area contributed by atoms with E-state index >= 15 is 4.39 Å². The number of alkyl halides is 4. The summed E-state index contributed by atoms with van der Waals surface area (Å²) in [5.74, 6) is -2.21. The Kier molecular flexibility index (Phi) is 5.43. The molecule has 182 valence electrons. The van der Waals surface area contributed by atoms with Crippen LogP contribution in [0.15, 0.2) is 30.5 Å². The van der Waals surface area contributed by atoms with E-state index in [1.54, 1.807) is 4.57 Å². The predicted molar refractivity (Wildman–Crippen MR) is 112 cm³/mol. The number of hydrogen-bond donors (Lipinski definition) is 1. The third-order valence-electron chi connectivity index (χ3n) is 6.26. The summed E-state index contributed by atoms with van der Waals surface area (Å²) in [6.07, 6.45) is -3.07. The monoisotopic (exact) mass is 503 g/mol. The van der Waals surface area contributed by atoms with Crippen molar-refractivity contribution in [2.45, 2.75) is 55.9 Å². The summed E-state index contributed by atoms with van der Waals surface area (Å²) in [6.45, 7) is -0.168. The number of aromatic nitrogens is 2. The molecular weight excluding hydrogens is 484 g/mol. The molecule has 2 aliphatic carbocycles. The van der Waals surface area contributed by atoms with Gasteiger partial charge in [0.05, 0.1) is 10.8 Å². The molecule has 0 amide bonds. The van der Waals surface area contributed by atoms with Crippen LogP contribution in [-0.4, -0.2) is 29.4 Å². The highest BCUT2D eigenvalue weighted by molar-refractivity contribution is 7.90. The molecule has 2 saturated carbocycles. The second-order valence-corrected chi connectivity index (χ2v) is 10.8. The zero-order valence-electron chi connectivity index (χ0n) is 17.5. The van der Waals surface area contributed by atoms with Gasteiger partial charge < -0.3 is 4.57 Å². The zero-order chi connectivity index (χ0) is 24.4. The van der Waals surface area contributed by atoms with Gasteiger partial charge >= 0.3 is 6.18 Å². The third kappa shape index (κ3) is 4.17. The topological polar surface area (TPSA) is 64.0 Å². The van der Waals surface area contributed by atoms with Crippen LogP contribution in [0, 0.1) is 11.6 Å². The number of hydrogen-bond acceptors (Lipinski definition) is 3. The molecule has 1 N–H and O–H groups in total. The van der Waals surface area contributed by atoms with E-state index in [2.05, 4.69) is 9.71 Å². The number of halogens is 6. The summed E-state index contributed by atoms with van der Waals surface area (Å²) in [6, 6.07) is 2.51. The first kappa shape index (κ1) is 23.2. The van der Waals surface area contributed by atoms with E-state index < -0.39 is 56.1 Å². The standard InChI is InChI=1S/C22H19F6N3O2S/c23-12-1-4-16(18(7-12)22(26,27)28)20-19(25)8-17-11(9-29-34(32,33)15-2-3-15)10-31(21(17)30-20)14-5-13(24)6-14/h1,4,7-8,10,13-15,29H,2-3,5-6,9H2. The molecule has 12 heteroatoms. The lowest BCUT2D eigenvalue weighted by Crippen LogP contribution is -2.28. The number of sulfonamides is 1. The van der Waals surface area contributed by atoms with Crippen LogP contribution in [0.1, 0.15) is 42.9 Å². The maximum absolute atomic E-state index is 15.1. The van der Waals surface area contributed by atoms with Crippen LogP contribution >= 0.6 is 0 Å². The molecule has 0 unspecified atom stereocenters. The van der Waals surface area contributed by atoms with Crippen LogP contribution in [-0.2, 0) is 22.7 Å². The van der Waals surface area contributed by atoms with E-state index in [0.717, 1.165) is 18.2 Å². The van der Waals surface area contributed by atoms with Crippen molar-refractivity contribution in [3.05, 3.63) is 53.2 Å². The van der Waals surface area contributed by atoms with Gasteiger partial charge in [-0.1, -0.05) is 0 Å². The van der Waals surface area contributed by atoms with E-state index in [1.165, 1.54) is 6.20 Å². The van der Waals surface area contributed by atoms with E-state index in [0.29, 0.717) is 18.4 Å². The first-order valence-corrected chi connectivity index (χ1v) is 12.2. The van der Waals surface area contributed by atoms with Crippen molar-refractivity contribution < 1.29 is 34.8 Å². The first-order chi connectivity index (χ1) is 15.9. The molecule has 5 rings (SSSR count). The molecule has 0 saturated heterocycles. The molecule has 2 aromatic heterocycles. The lowest BCUT2D eigenvalue weighted by molar-refractivity contribution is -0.137. The molecule has 2 aliphatic rings. The van der Waals surface area contributed by atoms with Gasteiger partial charge in [0.2, 0.25) is 10.0 Å². The number of nitrogens with one attached hydrogen (secondary N) is 1. The van der Waals surface area contributed by atoms with Gasteiger partial charge in [0, 0.05) is 29.7 Å². The van der Waals surface area contributed by atoms with Gasteiger partial charge in [0.1, 0.15) is 29.1 Å². The fraction of sp³-hybridized carbons (Fsp3) is 0.409. The highest BCUT2D eigenvalue weighted by Gasteiger charge is 2.37. The Morgan fingerprint density at radius 1 is 1.12 bits per heavy atom. The number of nitrogens with zero attached hydrogens (tertiary/aromatic N) is 2. The summed E-state index contributed by atoms with van der Waals surface area (Å²) in [5, 5.41) is -0.266. The summed E-state index contributed by atoms with van der Waals surface area (Å²) < 4.78 is 111. The molecule has 0 bridgehead atoms. The van der Waals surface area contributed by atoms with Crippen molar-refractivity contribution in [2.75, 3.05) is 0 Å². The van der Waals surface area contributed by atoms with Crippen molar-refractivity contribution in [2.24, 2.45) is 0 Å². The van der Waals surface area contributed by atoms with Crippen molar-refractivity contribution in [1.82, 2.24) is 14.3 Å². The Hall–Kier alpha value is -2.60. The summed E-state index contributed by atoms with van der Waals surface area (Å²) in [5.41, 5.74) is -2.16. The quantitative estimate of drug-likeness (QED) is 0.467. The number of pyridine rings is 1. The van der Waals surface area contributed by atoms with E-state index in [9.17, 15) is 30.4 Å². The van der Waals surface area contributed by atoms with Gasteiger partial charge in [-0.25, -0.2) is 31.3 Å². The molecule has 5 nitrogen and oxygen atoms in total. The molecule has 3 aromatic rings. The normalized spacial score (nSPS) is 21.1.